The van der Waals surface area contributed by atoms with Gasteiger partial charge in [-0.05, 0) is 57.4 Å². The first-order chi connectivity index (χ1) is 13.1. The van der Waals surface area contributed by atoms with Crippen LogP contribution in [0.5, 0.6) is 0 Å². The number of amides is 2. The van der Waals surface area contributed by atoms with Gasteiger partial charge in [0.2, 0.25) is 5.91 Å². The molecule has 5 heteroatoms. The molecule has 1 aromatic rings. The third-order valence-corrected chi connectivity index (χ3v) is 5.99. The fourth-order valence-electron chi connectivity index (χ4n) is 4.25. The number of carbonyl (C=O) groups excluding carboxylic acids is 2. The van der Waals surface area contributed by atoms with Crippen LogP contribution in [0.1, 0.15) is 68.6 Å². The first-order valence-electron chi connectivity index (χ1n) is 10.6. The van der Waals surface area contributed by atoms with Crippen molar-refractivity contribution >= 4 is 17.5 Å². The van der Waals surface area contributed by atoms with Crippen molar-refractivity contribution in [1.82, 2.24) is 10.2 Å². The van der Waals surface area contributed by atoms with Gasteiger partial charge in [-0.15, -0.1) is 0 Å². The molecule has 27 heavy (non-hydrogen) atoms. The number of piperidine rings is 1. The Hall–Kier alpha value is -1.88. The predicted octanol–water partition coefficient (Wildman–Crippen LogP) is 3.81. The normalized spacial score (nSPS) is 21.6. The maximum absolute atomic E-state index is 12.5. The maximum atomic E-state index is 12.5. The van der Waals surface area contributed by atoms with Gasteiger partial charge < -0.3 is 10.6 Å². The Bertz CT molecular complexity index is 640. The number of benzene rings is 1. The molecular weight excluding hydrogens is 338 g/mol. The molecule has 2 fully saturated rings. The molecule has 2 amide bonds. The van der Waals surface area contributed by atoms with E-state index in [1.165, 1.54) is 25.7 Å². The van der Waals surface area contributed by atoms with Crippen molar-refractivity contribution in [2.45, 2.75) is 64.3 Å². The minimum atomic E-state index is -0.0755. The van der Waals surface area contributed by atoms with Crippen LogP contribution < -0.4 is 10.6 Å². The summed E-state index contributed by atoms with van der Waals surface area (Å²) in [6, 6.07) is 7.87. The zero-order valence-electron chi connectivity index (χ0n) is 16.5. The average molecular weight is 372 g/mol. The lowest BCUT2D eigenvalue weighted by molar-refractivity contribution is -0.120. The number of carbonyl (C=O) groups is 2. The molecular formula is C22H33N3O2. The van der Waals surface area contributed by atoms with Crippen LogP contribution in [0.3, 0.4) is 0 Å². The molecule has 1 saturated heterocycles. The highest BCUT2D eigenvalue weighted by Crippen LogP contribution is 2.25. The standard InChI is InChI=1S/C22H33N3O2/c1-17-8-5-6-14-25(17)15-13-23-21(26)19-11-7-12-20(16-19)24-22(27)18-9-3-2-4-10-18/h7,11-12,16-18H,2-6,8-10,13-15H2,1H3,(H,23,26)(H,24,27). The minimum Gasteiger partial charge on any atom is -0.351 e. The molecule has 3 rings (SSSR count). The van der Waals surface area contributed by atoms with E-state index in [0.717, 1.165) is 38.8 Å². The number of nitrogens with one attached hydrogen (secondary N) is 2. The molecule has 2 aliphatic rings. The molecule has 1 atom stereocenters. The fourth-order valence-corrected chi connectivity index (χ4v) is 4.25. The van der Waals surface area contributed by atoms with Crippen molar-refractivity contribution < 1.29 is 9.59 Å². The van der Waals surface area contributed by atoms with Gasteiger partial charge in [0.15, 0.2) is 0 Å². The lowest BCUT2D eigenvalue weighted by atomic mass is 9.88. The number of hydrogen-bond donors (Lipinski definition) is 2. The summed E-state index contributed by atoms with van der Waals surface area (Å²) in [6.07, 6.45) is 9.25. The molecule has 1 aliphatic carbocycles. The van der Waals surface area contributed by atoms with Crippen LogP contribution in [-0.4, -0.2) is 42.4 Å². The van der Waals surface area contributed by atoms with Gasteiger partial charge in [-0.1, -0.05) is 31.7 Å². The smallest absolute Gasteiger partial charge is 0.251 e. The highest BCUT2D eigenvalue weighted by Gasteiger charge is 2.21. The second kappa shape index (κ2) is 9.88. The van der Waals surface area contributed by atoms with E-state index in [1.54, 1.807) is 12.1 Å². The lowest BCUT2D eigenvalue weighted by Crippen LogP contribution is -2.42. The van der Waals surface area contributed by atoms with Crippen LogP contribution in [-0.2, 0) is 4.79 Å². The summed E-state index contributed by atoms with van der Waals surface area (Å²) in [5.41, 5.74) is 1.31. The SMILES string of the molecule is CC1CCCCN1CCNC(=O)c1cccc(NC(=O)C2CCCCC2)c1. The van der Waals surface area contributed by atoms with E-state index in [2.05, 4.69) is 22.5 Å². The summed E-state index contributed by atoms with van der Waals surface area (Å²) in [7, 11) is 0. The van der Waals surface area contributed by atoms with Gasteiger partial charge in [-0.3, -0.25) is 14.5 Å². The third-order valence-electron chi connectivity index (χ3n) is 5.99. The first kappa shape index (κ1) is 19.9. The summed E-state index contributed by atoms with van der Waals surface area (Å²) in [4.78, 5) is 27.3. The van der Waals surface area contributed by atoms with Gasteiger partial charge in [0.05, 0.1) is 0 Å². The summed E-state index contributed by atoms with van der Waals surface area (Å²) in [6.45, 7) is 4.94. The second-order valence-corrected chi connectivity index (χ2v) is 8.04. The number of rotatable bonds is 6. The van der Waals surface area contributed by atoms with Gasteiger partial charge in [0.1, 0.15) is 0 Å². The van der Waals surface area contributed by atoms with E-state index in [4.69, 9.17) is 0 Å². The largest absolute Gasteiger partial charge is 0.351 e. The van der Waals surface area contributed by atoms with Gasteiger partial charge in [0.25, 0.3) is 5.91 Å². The predicted molar refractivity (Wildman–Crippen MR) is 109 cm³/mol. The van der Waals surface area contributed by atoms with Crippen LogP contribution in [0.25, 0.3) is 0 Å². The Morgan fingerprint density at radius 2 is 1.85 bits per heavy atom. The van der Waals surface area contributed by atoms with Crippen molar-refractivity contribution in [3.63, 3.8) is 0 Å². The molecule has 1 unspecified atom stereocenters. The van der Waals surface area contributed by atoms with E-state index in [-0.39, 0.29) is 17.7 Å². The number of anilines is 1. The van der Waals surface area contributed by atoms with Gasteiger partial charge in [0, 0.05) is 36.3 Å². The molecule has 2 N–H and O–H groups in total. The van der Waals surface area contributed by atoms with Crippen molar-refractivity contribution in [3.8, 4) is 0 Å². The topological polar surface area (TPSA) is 61.4 Å². The summed E-state index contributed by atoms with van der Waals surface area (Å²) >= 11 is 0. The van der Waals surface area contributed by atoms with Crippen molar-refractivity contribution in [3.05, 3.63) is 29.8 Å². The molecule has 0 bridgehead atoms. The van der Waals surface area contributed by atoms with Gasteiger partial charge >= 0.3 is 0 Å². The monoisotopic (exact) mass is 371 g/mol. The van der Waals surface area contributed by atoms with E-state index >= 15 is 0 Å². The highest BCUT2D eigenvalue weighted by molar-refractivity contribution is 5.97. The van der Waals surface area contributed by atoms with E-state index in [9.17, 15) is 9.59 Å². The van der Waals surface area contributed by atoms with Crippen LogP contribution >= 0.6 is 0 Å². The molecule has 148 valence electrons. The Morgan fingerprint density at radius 3 is 2.63 bits per heavy atom. The van der Waals surface area contributed by atoms with Crippen molar-refractivity contribution in [2.24, 2.45) is 5.92 Å². The molecule has 0 radical (unpaired) electrons. The van der Waals surface area contributed by atoms with Gasteiger partial charge in [-0.2, -0.15) is 0 Å². The first-order valence-corrected chi connectivity index (χ1v) is 10.6. The Morgan fingerprint density at radius 1 is 1.07 bits per heavy atom. The van der Waals surface area contributed by atoms with Crippen LogP contribution in [0, 0.1) is 5.92 Å². The third kappa shape index (κ3) is 5.80. The molecule has 5 nitrogen and oxygen atoms in total. The number of hydrogen-bond acceptors (Lipinski definition) is 3. The number of nitrogens with zero attached hydrogens (tertiary/aromatic N) is 1. The summed E-state index contributed by atoms with van der Waals surface area (Å²) < 4.78 is 0. The molecule has 1 aromatic carbocycles. The maximum Gasteiger partial charge on any atom is 0.251 e. The van der Waals surface area contributed by atoms with E-state index < -0.39 is 0 Å². The Balaban J connectivity index is 1.48. The molecule has 1 heterocycles. The zero-order chi connectivity index (χ0) is 19.1. The van der Waals surface area contributed by atoms with Gasteiger partial charge in [-0.25, -0.2) is 0 Å². The van der Waals surface area contributed by atoms with Crippen molar-refractivity contribution in [2.75, 3.05) is 25.0 Å². The second-order valence-electron chi connectivity index (χ2n) is 8.04. The van der Waals surface area contributed by atoms with Crippen LogP contribution in [0.2, 0.25) is 0 Å². The molecule has 1 aliphatic heterocycles. The molecule has 0 aromatic heterocycles. The zero-order valence-corrected chi connectivity index (χ0v) is 16.5. The molecule has 1 saturated carbocycles. The fraction of sp³-hybridized carbons (Fsp3) is 0.636. The quantitative estimate of drug-likeness (QED) is 0.799. The Kier molecular flexibility index (Phi) is 7.27. The number of likely N-dealkylation sites (tertiary alicyclic amines) is 1. The Labute approximate surface area is 162 Å². The minimum absolute atomic E-state index is 0.0755. The van der Waals surface area contributed by atoms with E-state index in [1.807, 2.05) is 12.1 Å². The average Bonchev–Trinajstić information content (AvgIpc) is 2.70. The summed E-state index contributed by atoms with van der Waals surface area (Å²) in [5.74, 6) is 0.127. The van der Waals surface area contributed by atoms with Crippen LogP contribution in [0.4, 0.5) is 5.69 Å². The summed E-state index contributed by atoms with van der Waals surface area (Å²) in [5, 5.41) is 6.01. The van der Waals surface area contributed by atoms with E-state index in [0.29, 0.717) is 23.8 Å². The van der Waals surface area contributed by atoms with Crippen molar-refractivity contribution in [1.29, 1.82) is 0 Å². The molecule has 0 spiro atoms. The lowest BCUT2D eigenvalue weighted by Gasteiger charge is -2.33. The van der Waals surface area contributed by atoms with Crippen LogP contribution in [0.15, 0.2) is 24.3 Å². The highest BCUT2D eigenvalue weighted by atomic mass is 16.2.